The minimum atomic E-state index is -5.83. The molecule has 0 bridgehead atoms. The minimum absolute atomic E-state index is 0.0101. The van der Waals surface area contributed by atoms with Crippen molar-refractivity contribution >= 4 is 16.1 Å². The molecule has 0 aliphatic carbocycles. The number of alkyl halides is 2. The monoisotopic (exact) mass is 289 g/mol. The maximum absolute atomic E-state index is 12.6. The Morgan fingerprint density at radius 1 is 1.50 bits per heavy atom. The summed E-state index contributed by atoms with van der Waals surface area (Å²) >= 11 is 0. The van der Waals surface area contributed by atoms with Crippen molar-refractivity contribution in [3.8, 4) is 0 Å². The number of hydrogen-bond donors (Lipinski definition) is 0. The summed E-state index contributed by atoms with van der Waals surface area (Å²) in [6, 6.07) is 0. The molecule has 0 amide bonds. The first kappa shape index (κ1) is 15.2. The average Bonchev–Trinajstić information content (AvgIpc) is 3.04. The van der Waals surface area contributed by atoms with Gasteiger partial charge in [-0.1, -0.05) is 0 Å². The molecule has 0 aromatic carbocycles. The van der Waals surface area contributed by atoms with Gasteiger partial charge in [0.25, 0.3) is 0 Å². The van der Waals surface area contributed by atoms with Crippen molar-refractivity contribution in [1.29, 1.82) is 0 Å². The number of epoxide rings is 1. The Labute approximate surface area is 102 Å². The van der Waals surface area contributed by atoms with Crippen LogP contribution in [0.5, 0.6) is 0 Å². The highest BCUT2D eigenvalue weighted by Gasteiger charge is 2.39. The van der Waals surface area contributed by atoms with Crippen LogP contribution in [0.25, 0.3) is 0 Å². The van der Waals surface area contributed by atoms with Crippen molar-refractivity contribution in [2.24, 2.45) is 0 Å². The lowest BCUT2D eigenvalue weighted by Gasteiger charge is -2.19. The highest BCUT2D eigenvalue weighted by molar-refractivity contribution is 7.86. The topological polar surface area (TPSA) is 105 Å². The van der Waals surface area contributed by atoms with Gasteiger partial charge in [-0.3, -0.25) is 4.79 Å². The third-order valence-corrected chi connectivity index (χ3v) is 2.77. The van der Waals surface area contributed by atoms with Crippen LogP contribution in [-0.2, 0) is 29.1 Å². The SMILES string of the molecule is O=C(CCOCC1CO1)OCC(F)(F)S(=O)(=O)[O-]. The van der Waals surface area contributed by atoms with Crippen LogP contribution in [0, 0.1) is 0 Å². The van der Waals surface area contributed by atoms with Crippen molar-refractivity contribution in [2.75, 3.05) is 26.4 Å². The molecule has 0 aromatic rings. The fourth-order valence-electron chi connectivity index (χ4n) is 0.843. The quantitative estimate of drug-likeness (QED) is 0.256. The molecule has 1 heterocycles. The van der Waals surface area contributed by atoms with Crippen molar-refractivity contribution in [3.05, 3.63) is 0 Å². The Morgan fingerprint density at radius 2 is 2.11 bits per heavy atom. The first-order valence-electron chi connectivity index (χ1n) is 4.90. The van der Waals surface area contributed by atoms with E-state index in [4.69, 9.17) is 9.47 Å². The molecular formula is C8H11F2O7S-. The number of halogens is 2. The Bertz CT molecular complexity index is 390. The Kier molecular flexibility index (Phi) is 4.96. The lowest BCUT2D eigenvalue weighted by atomic mass is 10.4. The lowest BCUT2D eigenvalue weighted by Crippen LogP contribution is -2.34. The van der Waals surface area contributed by atoms with Crippen LogP contribution in [0.3, 0.4) is 0 Å². The summed E-state index contributed by atoms with van der Waals surface area (Å²) in [4.78, 5) is 10.9. The fraction of sp³-hybridized carbons (Fsp3) is 0.875. The smallest absolute Gasteiger partial charge is 0.367 e. The third kappa shape index (κ3) is 5.21. The van der Waals surface area contributed by atoms with Crippen LogP contribution >= 0.6 is 0 Å². The molecule has 1 saturated heterocycles. The molecule has 0 spiro atoms. The maximum atomic E-state index is 12.6. The summed E-state index contributed by atoms with van der Waals surface area (Å²) < 4.78 is 69.1. The number of carbonyl (C=O) groups is 1. The van der Waals surface area contributed by atoms with E-state index < -0.39 is 27.9 Å². The van der Waals surface area contributed by atoms with E-state index in [9.17, 15) is 26.5 Å². The van der Waals surface area contributed by atoms with E-state index in [2.05, 4.69) is 4.74 Å². The average molecular weight is 289 g/mol. The van der Waals surface area contributed by atoms with Crippen LogP contribution in [-0.4, -0.2) is 56.7 Å². The molecule has 0 aromatic heterocycles. The summed E-state index contributed by atoms with van der Waals surface area (Å²) in [5, 5.41) is -4.62. The van der Waals surface area contributed by atoms with Gasteiger partial charge in [-0.15, -0.1) is 0 Å². The largest absolute Gasteiger partial charge is 0.743 e. The van der Waals surface area contributed by atoms with Crippen molar-refractivity contribution in [3.63, 3.8) is 0 Å². The zero-order valence-electron chi connectivity index (χ0n) is 9.13. The van der Waals surface area contributed by atoms with Crippen molar-refractivity contribution in [2.45, 2.75) is 17.8 Å². The van der Waals surface area contributed by atoms with Gasteiger partial charge in [0, 0.05) is 0 Å². The summed E-state index contributed by atoms with van der Waals surface area (Å²) in [5.74, 6) is -1.07. The van der Waals surface area contributed by atoms with Gasteiger partial charge in [-0.05, 0) is 0 Å². The van der Waals surface area contributed by atoms with Gasteiger partial charge in [0.1, 0.15) is 6.10 Å². The molecule has 1 aliphatic heterocycles. The summed E-state index contributed by atoms with van der Waals surface area (Å²) in [5.41, 5.74) is 0. The van der Waals surface area contributed by atoms with Crippen LogP contribution in [0.15, 0.2) is 0 Å². The molecule has 106 valence electrons. The standard InChI is InChI=1S/C8H12F2O7S/c9-8(10,18(12,13)14)5-17-7(11)1-2-15-3-6-4-16-6/h6H,1-5H2,(H,12,13,14)/p-1. The van der Waals surface area contributed by atoms with Gasteiger partial charge in [-0.25, -0.2) is 8.42 Å². The first-order valence-corrected chi connectivity index (χ1v) is 6.31. The molecular weight excluding hydrogens is 278 g/mol. The van der Waals surface area contributed by atoms with Gasteiger partial charge in [-0.2, -0.15) is 8.78 Å². The maximum Gasteiger partial charge on any atom is 0.367 e. The highest BCUT2D eigenvalue weighted by Crippen LogP contribution is 2.20. The molecule has 1 fully saturated rings. The molecule has 7 nitrogen and oxygen atoms in total. The summed E-state index contributed by atoms with van der Waals surface area (Å²) in [6.45, 7) is -0.978. The Hall–Kier alpha value is -0.840. The first-order chi connectivity index (χ1) is 8.22. The lowest BCUT2D eigenvalue weighted by molar-refractivity contribution is -0.150. The summed E-state index contributed by atoms with van der Waals surface area (Å²) in [6.07, 6.45) is -0.308. The zero-order chi connectivity index (χ0) is 13.8. The third-order valence-electron chi connectivity index (χ3n) is 1.92. The van der Waals surface area contributed by atoms with E-state index in [1.54, 1.807) is 0 Å². The molecule has 0 radical (unpaired) electrons. The van der Waals surface area contributed by atoms with Crippen molar-refractivity contribution < 1.29 is 40.8 Å². The normalized spacial score (nSPS) is 19.6. The molecule has 18 heavy (non-hydrogen) atoms. The van der Waals surface area contributed by atoms with Crippen LogP contribution in [0.2, 0.25) is 0 Å². The Morgan fingerprint density at radius 3 is 2.61 bits per heavy atom. The van der Waals surface area contributed by atoms with E-state index in [1.165, 1.54) is 0 Å². The van der Waals surface area contributed by atoms with Crippen LogP contribution in [0.4, 0.5) is 8.78 Å². The molecule has 1 aliphatic rings. The van der Waals surface area contributed by atoms with E-state index in [0.717, 1.165) is 0 Å². The predicted octanol–water partition coefficient (Wildman–Crippen LogP) is -0.527. The van der Waals surface area contributed by atoms with Gasteiger partial charge in [0.15, 0.2) is 16.7 Å². The number of esters is 1. The van der Waals surface area contributed by atoms with E-state index in [-0.39, 0.29) is 19.1 Å². The molecule has 0 saturated carbocycles. The number of rotatable bonds is 8. The molecule has 1 unspecified atom stereocenters. The molecule has 1 rings (SSSR count). The Balaban J connectivity index is 2.15. The van der Waals surface area contributed by atoms with Crippen molar-refractivity contribution in [1.82, 2.24) is 0 Å². The van der Waals surface area contributed by atoms with Gasteiger partial charge in [0.05, 0.1) is 26.2 Å². The minimum Gasteiger partial charge on any atom is -0.743 e. The number of carbonyl (C=O) groups excluding carboxylic acids is 1. The highest BCUT2D eigenvalue weighted by atomic mass is 32.2. The molecule has 10 heteroatoms. The second-order valence-electron chi connectivity index (χ2n) is 3.53. The summed E-state index contributed by atoms with van der Waals surface area (Å²) in [7, 11) is -5.83. The van der Waals surface area contributed by atoms with Crippen LogP contribution < -0.4 is 0 Å². The number of ether oxygens (including phenoxy) is 3. The van der Waals surface area contributed by atoms with Gasteiger partial charge in [0.2, 0.25) is 0 Å². The van der Waals surface area contributed by atoms with E-state index >= 15 is 0 Å². The molecule has 1 atom stereocenters. The van der Waals surface area contributed by atoms with Gasteiger partial charge < -0.3 is 18.8 Å². The fourth-order valence-corrected chi connectivity index (χ4v) is 1.05. The van der Waals surface area contributed by atoms with Gasteiger partial charge >= 0.3 is 11.2 Å². The predicted molar refractivity (Wildman–Crippen MR) is 50.8 cm³/mol. The van der Waals surface area contributed by atoms with E-state index in [0.29, 0.717) is 13.2 Å². The molecule has 0 N–H and O–H groups in total. The second kappa shape index (κ2) is 5.87. The van der Waals surface area contributed by atoms with Crippen LogP contribution in [0.1, 0.15) is 6.42 Å². The number of hydrogen-bond acceptors (Lipinski definition) is 7. The zero-order valence-corrected chi connectivity index (χ0v) is 9.95. The second-order valence-corrected chi connectivity index (χ2v) is 5.04. The van der Waals surface area contributed by atoms with E-state index in [1.807, 2.05) is 0 Å².